The van der Waals surface area contributed by atoms with Gasteiger partial charge in [0.1, 0.15) is 6.10 Å². The summed E-state index contributed by atoms with van der Waals surface area (Å²) in [5, 5.41) is 0. The van der Waals surface area contributed by atoms with E-state index in [1.54, 1.807) is 0 Å². The van der Waals surface area contributed by atoms with Gasteiger partial charge in [-0.15, -0.1) is 0 Å². The number of nitrogens with two attached hydrogens (primary N) is 2. The minimum Gasteiger partial charge on any atom is -0.462 e. The zero-order valence-electron chi connectivity index (χ0n) is 5.96. The molecule has 0 aromatic heterocycles. The standard InChI is InChI=1S/C6H12N2O2/c1-4(9)10-5-2-6(7,8)3-5/h5H,2-3,7-8H2,1H3. The van der Waals surface area contributed by atoms with Gasteiger partial charge in [-0.2, -0.15) is 0 Å². The van der Waals surface area contributed by atoms with Crippen molar-refractivity contribution in [2.45, 2.75) is 31.5 Å². The minimum absolute atomic E-state index is 0.0486. The number of esters is 1. The largest absolute Gasteiger partial charge is 0.462 e. The molecule has 0 saturated heterocycles. The van der Waals surface area contributed by atoms with Crippen molar-refractivity contribution in [3.8, 4) is 0 Å². The summed E-state index contributed by atoms with van der Waals surface area (Å²) < 4.78 is 4.82. The molecule has 4 N–H and O–H groups in total. The van der Waals surface area contributed by atoms with Crippen LogP contribution in [0, 0.1) is 0 Å². The van der Waals surface area contributed by atoms with Crippen LogP contribution in [0.2, 0.25) is 0 Å². The fourth-order valence-electron chi connectivity index (χ4n) is 1.11. The molecule has 58 valence electrons. The van der Waals surface area contributed by atoms with Gasteiger partial charge in [0, 0.05) is 19.8 Å². The van der Waals surface area contributed by atoms with E-state index in [2.05, 4.69) is 0 Å². The van der Waals surface area contributed by atoms with Gasteiger partial charge < -0.3 is 16.2 Å². The Morgan fingerprint density at radius 1 is 1.60 bits per heavy atom. The van der Waals surface area contributed by atoms with E-state index < -0.39 is 5.66 Å². The molecule has 0 amide bonds. The van der Waals surface area contributed by atoms with Crippen molar-refractivity contribution in [1.29, 1.82) is 0 Å². The molecular formula is C6H12N2O2. The van der Waals surface area contributed by atoms with Gasteiger partial charge in [0.05, 0.1) is 5.66 Å². The highest BCUT2D eigenvalue weighted by atomic mass is 16.5. The number of ether oxygens (including phenoxy) is 1. The number of rotatable bonds is 1. The second-order valence-electron chi connectivity index (χ2n) is 2.87. The molecule has 1 saturated carbocycles. The van der Waals surface area contributed by atoms with Crippen LogP contribution in [-0.2, 0) is 9.53 Å². The summed E-state index contributed by atoms with van der Waals surface area (Å²) in [5.41, 5.74) is 10.4. The van der Waals surface area contributed by atoms with E-state index in [9.17, 15) is 4.79 Å². The van der Waals surface area contributed by atoms with E-state index in [-0.39, 0.29) is 12.1 Å². The van der Waals surface area contributed by atoms with Gasteiger partial charge in [-0.3, -0.25) is 4.79 Å². The third-order valence-corrected chi connectivity index (χ3v) is 1.55. The molecule has 0 atom stereocenters. The summed E-state index contributed by atoms with van der Waals surface area (Å²) in [4.78, 5) is 10.4. The van der Waals surface area contributed by atoms with Crippen molar-refractivity contribution in [1.82, 2.24) is 0 Å². The van der Waals surface area contributed by atoms with Crippen molar-refractivity contribution in [3.63, 3.8) is 0 Å². The Bertz CT molecular complexity index is 148. The summed E-state index contributed by atoms with van der Waals surface area (Å²) in [6, 6.07) is 0. The molecule has 4 heteroatoms. The summed E-state index contributed by atoms with van der Waals surface area (Å²) >= 11 is 0. The van der Waals surface area contributed by atoms with E-state index in [1.165, 1.54) is 6.92 Å². The van der Waals surface area contributed by atoms with E-state index in [4.69, 9.17) is 16.2 Å². The topological polar surface area (TPSA) is 78.3 Å². The Hall–Kier alpha value is -0.610. The lowest BCUT2D eigenvalue weighted by Gasteiger charge is -2.40. The second kappa shape index (κ2) is 2.21. The van der Waals surface area contributed by atoms with Crippen LogP contribution in [0.3, 0.4) is 0 Å². The van der Waals surface area contributed by atoms with Crippen LogP contribution in [0.1, 0.15) is 19.8 Å². The molecule has 0 aromatic rings. The second-order valence-corrected chi connectivity index (χ2v) is 2.87. The third kappa shape index (κ3) is 1.68. The highest BCUT2D eigenvalue weighted by molar-refractivity contribution is 5.66. The molecule has 1 fully saturated rings. The first-order valence-electron chi connectivity index (χ1n) is 3.24. The number of hydrogen-bond acceptors (Lipinski definition) is 4. The van der Waals surface area contributed by atoms with E-state index >= 15 is 0 Å². The molecule has 1 aliphatic carbocycles. The summed E-state index contributed by atoms with van der Waals surface area (Å²) in [6.07, 6.45) is 1.10. The number of carbonyl (C=O) groups excluding carboxylic acids is 1. The molecule has 0 aliphatic heterocycles. The SMILES string of the molecule is CC(=O)OC1CC(N)(N)C1. The molecule has 0 aromatic carbocycles. The maximum atomic E-state index is 10.4. The zero-order chi connectivity index (χ0) is 7.78. The van der Waals surface area contributed by atoms with Gasteiger partial charge in [-0.25, -0.2) is 0 Å². The van der Waals surface area contributed by atoms with Crippen LogP contribution in [0.5, 0.6) is 0 Å². The lowest BCUT2D eigenvalue weighted by molar-refractivity contribution is -0.153. The van der Waals surface area contributed by atoms with Crippen molar-refractivity contribution in [2.75, 3.05) is 0 Å². The Morgan fingerprint density at radius 2 is 2.10 bits per heavy atom. The van der Waals surface area contributed by atoms with Crippen molar-refractivity contribution in [2.24, 2.45) is 11.5 Å². The van der Waals surface area contributed by atoms with Crippen LogP contribution >= 0.6 is 0 Å². The van der Waals surface area contributed by atoms with Gasteiger partial charge in [0.15, 0.2) is 0 Å². The smallest absolute Gasteiger partial charge is 0.302 e. The Kier molecular flexibility index (Phi) is 1.66. The number of carbonyl (C=O) groups is 1. The van der Waals surface area contributed by atoms with E-state index in [0.717, 1.165) is 0 Å². The highest BCUT2D eigenvalue weighted by Crippen LogP contribution is 2.27. The van der Waals surface area contributed by atoms with Gasteiger partial charge in [-0.1, -0.05) is 0 Å². The Balaban J connectivity index is 2.21. The molecule has 4 nitrogen and oxygen atoms in total. The lowest BCUT2D eigenvalue weighted by Crippen LogP contribution is -2.62. The molecule has 1 aliphatic rings. The van der Waals surface area contributed by atoms with Gasteiger partial charge >= 0.3 is 5.97 Å². The fourth-order valence-corrected chi connectivity index (χ4v) is 1.11. The van der Waals surface area contributed by atoms with E-state index in [0.29, 0.717) is 12.8 Å². The van der Waals surface area contributed by atoms with E-state index in [1.807, 2.05) is 0 Å². The van der Waals surface area contributed by atoms with Crippen LogP contribution in [0.25, 0.3) is 0 Å². The van der Waals surface area contributed by atoms with Gasteiger partial charge in [0.2, 0.25) is 0 Å². The van der Waals surface area contributed by atoms with Crippen LogP contribution in [-0.4, -0.2) is 17.7 Å². The first-order chi connectivity index (χ1) is 4.49. The maximum Gasteiger partial charge on any atom is 0.302 e. The molecular weight excluding hydrogens is 132 g/mol. The molecule has 0 spiro atoms. The molecule has 0 unspecified atom stereocenters. The fraction of sp³-hybridized carbons (Fsp3) is 0.833. The molecule has 0 radical (unpaired) electrons. The van der Waals surface area contributed by atoms with Crippen molar-refractivity contribution in [3.05, 3.63) is 0 Å². The van der Waals surface area contributed by atoms with Crippen LogP contribution < -0.4 is 11.5 Å². The van der Waals surface area contributed by atoms with Crippen LogP contribution in [0.15, 0.2) is 0 Å². The monoisotopic (exact) mass is 144 g/mol. The van der Waals surface area contributed by atoms with Crippen molar-refractivity contribution >= 4 is 5.97 Å². The zero-order valence-corrected chi connectivity index (χ0v) is 5.96. The normalized spacial score (nSPS) is 23.5. The summed E-state index contributed by atoms with van der Waals surface area (Å²) in [6.45, 7) is 1.38. The first-order valence-corrected chi connectivity index (χ1v) is 3.24. The average molecular weight is 144 g/mol. The quantitative estimate of drug-likeness (QED) is 0.378. The molecule has 0 heterocycles. The maximum absolute atomic E-state index is 10.4. The predicted molar refractivity (Wildman–Crippen MR) is 35.9 cm³/mol. The molecule has 0 bridgehead atoms. The molecule has 10 heavy (non-hydrogen) atoms. The van der Waals surface area contributed by atoms with Gasteiger partial charge in [-0.05, 0) is 0 Å². The number of hydrogen-bond donors (Lipinski definition) is 2. The van der Waals surface area contributed by atoms with Crippen LogP contribution in [0.4, 0.5) is 0 Å². The first kappa shape index (κ1) is 7.50. The lowest BCUT2D eigenvalue weighted by atomic mass is 9.83. The molecule has 1 rings (SSSR count). The average Bonchev–Trinajstić information content (AvgIpc) is 1.57. The highest BCUT2D eigenvalue weighted by Gasteiger charge is 2.39. The third-order valence-electron chi connectivity index (χ3n) is 1.55. The predicted octanol–water partition coefficient (Wildman–Crippen LogP) is -0.674. The summed E-state index contributed by atoms with van der Waals surface area (Å²) in [7, 11) is 0. The Labute approximate surface area is 59.5 Å². The van der Waals surface area contributed by atoms with Gasteiger partial charge in [0.25, 0.3) is 0 Å². The Morgan fingerprint density at radius 3 is 2.40 bits per heavy atom. The van der Waals surface area contributed by atoms with Crippen molar-refractivity contribution < 1.29 is 9.53 Å². The summed E-state index contributed by atoms with van der Waals surface area (Å²) in [5.74, 6) is -0.263. The minimum atomic E-state index is -0.597.